The second-order valence-electron chi connectivity index (χ2n) is 7.94. The number of carbonyl (C=O) groups is 2. The van der Waals surface area contributed by atoms with Crippen LogP contribution >= 0.6 is 21.6 Å². The van der Waals surface area contributed by atoms with E-state index in [-0.39, 0.29) is 11.5 Å². The first-order chi connectivity index (χ1) is 17.3. The average molecular weight is 551 g/mol. The summed E-state index contributed by atoms with van der Waals surface area (Å²) in [7, 11) is 2.41. The van der Waals surface area contributed by atoms with Crippen LogP contribution in [0.3, 0.4) is 0 Å². The average Bonchev–Trinajstić information content (AvgIpc) is 2.86. The summed E-state index contributed by atoms with van der Waals surface area (Å²) >= 11 is 0. The van der Waals surface area contributed by atoms with Crippen LogP contribution in [0.4, 0.5) is 0 Å². The molecule has 0 saturated heterocycles. The van der Waals surface area contributed by atoms with E-state index in [0.29, 0.717) is 13.1 Å². The predicted molar refractivity (Wildman–Crippen MR) is 149 cm³/mol. The van der Waals surface area contributed by atoms with Crippen LogP contribution in [0.1, 0.15) is 90.9 Å². The van der Waals surface area contributed by atoms with Gasteiger partial charge in [0.05, 0.1) is 13.1 Å². The molecule has 210 valence electrons. The molecular formula is C24H46N4O6S2. The summed E-state index contributed by atoms with van der Waals surface area (Å²) in [6.45, 7) is 5.73. The van der Waals surface area contributed by atoms with Crippen LogP contribution in [0.15, 0.2) is 9.98 Å². The maximum Gasteiger partial charge on any atom is 0.321 e. The van der Waals surface area contributed by atoms with Crippen molar-refractivity contribution in [1.29, 1.82) is 0 Å². The smallest absolute Gasteiger partial charge is 0.321 e. The summed E-state index contributed by atoms with van der Waals surface area (Å²) in [5, 5.41) is 16.8. The number of unbranched alkanes of at least 4 members (excludes halogenated alkanes) is 10. The molecule has 0 radical (unpaired) electrons. The van der Waals surface area contributed by atoms with Gasteiger partial charge in [-0.05, 0) is 12.8 Å². The largest absolute Gasteiger partial charge is 0.480 e. The van der Waals surface area contributed by atoms with Gasteiger partial charge in [-0.2, -0.15) is 0 Å². The SMILES string of the molecule is CCCCCCCCN=C=O.CCCCCCCCN=C=O.N[C@@H](CSSC[C@H](N)C(=O)O)C(=O)O. The van der Waals surface area contributed by atoms with Crippen molar-refractivity contribution in [2.45, 2.75) is 103 Å². The molecule has 0 aliphatic carbocycles. The van der Waals surface area contributed by atoms with Gasteiger partial charge >= 0.3 is 11.9 Å². The van der Waals surface area contributed by atoms with E-state index in [2.05, 4.69) is 23.8 Å². The molecule has 2 atom stereocenters. The number of rotatable bonds is 21. The summed E-state index contributed by atoms with van der Waals surface area (Å²) in [5.74, 6) is -1.68. The Bertz CT molecular complexity index is 563. The first-order valence-electron chi connectivity index (χ1n) is 12.6. The highest BCUT2D eigenvalue weighted by Gasteiger charge is 2.14. The van der Waals surface area contributed by atoms with E-state index < -0.39 is 24.0 Å². The lowest BCUT2D eigenvalue weighted by molar-refractivity contribution is -0.138. The maximum absolute atomic E-state index is 10.3. The molecule has 0 aliphatic rings. The highest BCUT2D eigenvalue weighted by atomic mass is 33.1. The highest BCUT2D eigenvalue weighted by Crippen LogP contribution is 2.22. The van der Waals surface area contributed by atoms with E-state index in [4.69, 9.17) is 21.7 Å². The minimum atomic E-state index is -1.07. The van der Waals surface area contributed by atoms with Gasteiger partial charge in [0.1, 0.15) is 12.1 Å². The summed E-state index contributed by atoms with van der Waals surface area (Å²) < 4.78 is 0. The van der Waals surface area contributed by atoms with Gasteiger partial charge in [0.2, 0.25) is 12.2 Å². The van der Waals surface area contributed by atoms with E-state index in [9.17, 15) is 19.2 Å². The fourth-order valence-electron chi connectivity index (χ4n) is 2.42. The second-order valence-corrected chi connectivity index (χ2v) is 10.5. The molecule has 36 heavy (non-hydrogen) atoms. The number of carbonyl (C=O) groups excluding carboxylic acids is 2. The van der Waals surface area contributed by atoms with Crippen LogP contribution in [-0.4, -0.2) is 71.0 Å². The van der Waals surface area contributed by atoms with Gasteiger partial charge in [0.25, 0.3) is 0 Å². The molecule has 0 unspecified atom stereocenters. The number of nitrogens with zero attached hydrogens (tertiary/aromatic N) is 2. The number of carboxylic acids is 2. The van der Waals surface area contributed by atoms with Gasteiger partial charge in [-0.1, -0.05) is 99.6 Å². The monoisotopic (exact) mass is 550 g/mol. The lowest BCUT2D eigenvalue weighted by Crippen LogP contribution is -2.33. The van der Waals surface area contributed by atoms with Crippen molar-refractivity contribution in [2.24, 2.45) is 21.5 Å². The molecular weight excluding hydrogens is 504 g/mol. The molecule has 10 nitrogen and oxygen atoms in total. The number of carboxylic acid groups (broad SMARTS) is 2. The predicted octanol–water partition coefficient (Wildman–Crippen LogP) is 4.56. The van der Waals surface area contributed by atoms with E-state index >= 15 is 0 Å². The van der Waals surface area contributed by atoms with Crippen molar-refractivity contribution in [3.05, 3.63) is 0 Å². The Morgan fingerprint density at radius 3 is 1.25 bits per heavy atom. The first-order valence-corrected chi connectivity index (χ1v) is 15.1. The van der Waals surface area contributed by atoms with Crippen LogP contribution in [0, 0.1) is 0 Å². The van der Waals surface area contributed by atoms with Crippen molar-refractivity contribution in [3.8, 4) is 0 Å². The third-order valence-corrected chi connectivity index (χ3v) is 7.06. The number of aliphatic carboxylic acids is 2. The van der Waals surface area contributed by atoms with E-state index in [1.54, 1.807) is 12.2 Å². The molecule has 0 aromatic heterocycles. The Morgan fingerprint density at radius 1 is 0.667 bits per heavy atom. The summed E-state index contributed by atoms with van der Waals surface area (Å²) in [6, 6.07) is -1.85. The molecule has 0 fully saturated rings. The lowest BCUT2D eigenvalue weighted by atomic mass is 10.1. The zero-order chi connectivity index (χ0) is 27.9. The summed E-state index contributed by atoms with van der Waals surface area (Å²) in [5.41, 5.74) is 10.4. The molecule has 0 aromatic rings. The van der Waals surface area contributed by atoms with Gasteiger partial charge in [-0.25, -0.2) is 19.6 Å². The Morgan fingerprint density at radius 2 is 0.972 bits per heavy atom. The molecule has 0 aromatic carbocycles. The van der Waals surface area contributed by atoms with Crippen LogP contribution < -0.4 is 11.5 Å². The van der Waals surface area contributed by atoms with Crippen LogP contribution in [-0.2, 0) is 19.2 Å². The molecule has 0 spiro atoms. The Labute approximate surface area is 223 Å². The van der Waals surface area contributed by atoms with Gasteiger partial charge in [-0.3, -0.25) is 9.59 Å². The third-order valence-electron chi connectivity index (χ3n) is 4.59. The first kappa shape index (κ1) is 38.8. The number of hydrogen-bond donors (Lipinski definition) is 4. The Hall–Kier alpha value is -1.68. The third kappa shape index (κ3) is 36.9. The molecule has 6 N–H and O–H groups in total. The van der Waals surface area contributed by atoms with Crippen molar-refractivity contribution in [1.82, 2.24) is 0 Å². The van der Waals surface area contributed by atoms with Crippen LogP contribution in [0.2, 0.25) is 0 Å². The maximum atomic E-state index is 10.3. The quantitative estimate of drug-likeness (QED) is 0.0683. The molecule has 0 rings (SSSR count). The zero-order valence-corrected chi connectivity index (χ0v) is 23.5. The van der Waals surface area contributed by atoms with E-state index in [1.807, 2.05) is 0 Å². The van der Waals surface area contributed by atoms with Crippen LogP contribution in [0.25, 0.3) is 0 Å². The van der Waals surface area contributed by atoms with E-state index in [1.165, 1.54) is 85.8 Å². The standard InChI is InChI=1S/2C9H17NO.C6H12N2O4S2/c2*1-2-3-4-5-6-7-8-10-9-11;7-3(5(9)10)1-13-14-2-4(8)6(11)12/h2*2-8H2,1H3;3-4H,1-2,7-8H2,(H,9,10)(H,11,12)/t;;3-,4-/m..0/s1. The lowest BCUT2D eigenvalue weighted by Gasteiger charge is -2.07. The highest BCUT2D eigenvalue weighted by molar-refractivity contribution is 8.76. The van der Waals surface area contributed by atoms with Crippen molar-refractivity contribution in [2.75, 3.05) is 24.6 Å². The number of aliphatic imine (C=N–C) groups is 2. The zero-order valence-electron chi connectivity index (χ0n) is 21.9. The van der Waals surface area contributed by atoms with Gasteiger partial charge in [0, 0.05) is 11.5 Å². The van der Waals surface area contributed by atoms with Gasteiger partial charge < -0.3 is 21.7 Å². The molecule has 0 saturated carbocycles. The van der Waals surface area contributed by atoms with Crippen LogP contribution in [0.5, 0.6) is 0 Å². The molecule has 0 heterocycles. The molecule has 0 aliphatic heterocycles. The number of nitrogens with two attached hydrogens (primary N) is 2. The van der Waals surface area contributed by atoms with Crippen molar-refractivity contribution in [3.63, 3.8) is 0 Å². The Kier molecular flexibility index (Phi) is 36.0. The van der Waals surface area contributed by atoms with Gasteiger partial charge in [0.15, 0.2) is 0 Å². The fraction of sp³-hybridized carbons (Fsp3) is 0.833. The second kappa shape index (κ2) is 33.3. The number of hydrogen-bond acceptors (Lipinski definition) is 10. The summed E-state index contributed by atoms with van der Waals surface area (Å²) in [6.07, 6.45) is 18.0. The minimum Gasteiger partial charge on any atom is -0.480 e. The minimum absolute atomic E-state index is 0.229. The van der Waals surface area contributed by atoms with E-state index in [0.717, 1.165) is 12.8 Å². The topological polar surface area (TPSA) is 185 Å². The normalized spacial score (nSPS) is 11.3. The molecule has 0 amide bonds. The van der Waals surface area contributed by atoms with Crippen molar-refractivity contribution < 1.29 is 29.4 Å². The molecule has 0 bridgehead atoms. The molecule has 12 heteroatoms. The van der Waals surface area contributed by atoms with Gasteiger partial charge in [-0.15, -0.1) is 0 Å². The number of isocyanates is 2. The Balaban J connectivity index is -0.000000459. The fourth-order valence-corrected chi connectivity index (χ4v) is 4.65. The van der Waals surface area contributed by atoms with Crippen molar-refractivity contribution >= 4 is 45.7 Å². The summed E-state index contributed by atoms with van der Waals surface area (Å²) in [4.78, 5) is 46.8.